The van der Waals surface area contributed by atoms with Gasteiger partial charge in [0.1, 0.15) is 5.92 Å². The molecule has 0 aliphatic rings. The van der Waals surface area contributed by atoms with Gasteiger partial charge in [0.05, 0.1) is 10.9 Å². The van der Waals surface area contributed by atoms with Gasteiger partial charge in [0, 0.05) is 4.47 Å². The smallest absolute Gasteiger partial charge is 0.194 e. The van der Waals surface area contributed by atoms with E-state index in [1.807, 2.05) is 30.5 Å². The number of hydrogen-bond acceptors (Lipinski definition) is 3. The SMILES string of the molecule is Cc1ccsc1C(=O)C(C#N)c1ccc(Br)cc1. The van der Waals surface area contributed by atoms with Crippen LogP contribution in [0.2, 0.25) is 0 Å². The number of halogens is 1. The zero-order valence-corrected chi connectivity index (χ0v) is 12.1. The van der Waals surface area contributed by atoms with Crippen LogP contribution >= 0.6 is 27.3 Å². The third-order valence-electron chi connectivity index (χ3n) is 2.68. The van der Waals surface area contributed by atoms with Crippen LogP contribution in [0.5, 0.6) is 0 Å². The Balaban J connectivity index is 2.36. The Hall–Kier alpha value is -1.44. The highest BCUT2D eigenvalue weighted by molar-refractivity contribution is 9.10. The van der Waals surface area contributed by atoms with Gasteiger partial charge in [-0.25, -0.2) is 0 Å². The fraction of sp³-hybridized carbons (Fsp3) is 0.143. The van der Waals surface area contributed by atoms with Crippen molar-refractivity contribution in [3.63, 3.8) is 0 Å². The van der Waals surface area contributed by atoms with E-state index in [4.69, 9.17) is 0 Å². The predicted molar refractivity (Wildman–Crippen MR) is 75.9 cm³/mol. The van der Waals surface area contributed by atoms with E-state index in [2.05, 4.69) is 22.0 Å². The van der Waals surface area contributed by atoms with Gasteiger partial charge in [0.15, 0.2) is 5.78 Å². The molecule has 0 aliphatic carbocycles. The van der Waals surface area contributed by atoms with Crippen LogP contribution in [0, 0.1) is 18.3 Å². The molecule has 0 saturated heterocycles. The average molecular weight is 320 g/mol. The molecule has 0 saturated carbocycles. The van der Waals surface area contributed by atoms with Gasteiger partial charge in [-0.05, 0) is 41.6 Å². The molecule has 2 nitrogen and oxygen atoms in total. The maximum absolute atomic E-state index is 12.3. The summed E-state index contributed by atoms with van der Waals surface area (Å²) in [5, 5.41) is 11.1. The molecule has 1 aromatic carbocycles. The molecule has 4 heteroatoms. The minimum atomic E-state index is -0.726. The minimum absolute atomic E-state index is 0.118. The number of ketones is 1. The molecule has 1 atom stereocenters. The Labute approximate surface area is 118 Å². The van der Waals surface area contributed by atoms with Crippen LogP contribution in [0.25, 0.3) is 0 Å². The summed E-state index contributed by atoms with van der Waals surface area (Å²) in [5.74, 6) is -0.845. The standard InChI is InChI=1S/C14H10BrNOS/c1-9-6-7-18-14(9)13(17)12(8-16)10-2-4-11(15)5-3-10/h2-7,12H,1H3. The lowest BCUT2D eigenvalue weighted by atomic mass is 9.94. The topological polar surface area (TPSA) is 40.9 Å². The number of Topliss-reactive ketones (excluding diaryl/α,β-unsaturated/α-hetero) is 1. The molecule has 0 radical (unpaired) electrons. The molecule has 2 rings (SSSR count). The zero-order chi connectivity index (χ0) is 13.1. The molecule has 2 aromatic rings. The molecule has 0 N–H and O–H groups in total. The molecular weight excluding hydrogens is 310 g/mol. The average Bonchev–Trinajstić information content (AvgIpc) is 2.78. The molecule has 0 fully saturated rings. The van der Waals surface area contributed by atoms with E-state index in [1.165, 1.54) is 11.3 Å². The summed E-state index contributed by atoms with van der Waals surface area (Å²) in [6.45, 7) is 1.89. The van der Waals surface area contributed by atoms with E-state index >= 15 is 0 Å². The molecule has 90 valence electrons. The van der Waals surface area contributed by atoms with Crippen molar-refractivity contribution in [2.45, 2.75) is 12.8 Å². The summed E-state index contributed by atoms with van der Waals surface area (Å²) in [4.78, 5) is 13.0. The predicted octanol–water partition coefficient (Wildman–Crippen LogP) is 4.31. The number of hydrogen-bond donors (Lipinski definition) is 0. The summed E-state index contributed by atoms with van der Waals surface area (Å²) in [6.07, 6.45) is 0. The van der Waals surface area contributed by atoms with Crippen LogP contribution in [0.15, 0.2) is 40.2 Å². The van der Waals surface area contributed by atoms with Crippen LogP contribution in [-0.2, 0) is 0 Å². The first-order valence-electron chi connectivity index (χ1n) is 5.37. The first-order valence-corrected chi connectivity index (χ1v) is 7.04. The second kappa shape index (κ2) is 5.47. The molecule has 0 spiro atoms. The number of nitrogens with zero attached hydrogens (tertiary/aromatic N) is 1. The van der Waals surface area contributed by atoms with E-state index in [1.54, 1.807) is 12.1 Å². The van der Waals surface area contributed by atoms with Crippen LogP contribution in [-0.4, -0.2) is 5.78 Å². The molecule has 0 amide bonds. The minimum Gasteiger partial charge on any atom is -0.291 e. The van der Waals surface area contributed by atoms with Gasteiger partial charge in [0.2, 0.25) is 0 Å². The Morgan fingerprint density at radius 2 is 2.00 bits per heavy atom. The lowest BCUT2D eigenvalue weighted by Gasteiger charge is -2.08. The van der Waals surface area contributed by atoms with E-state index in [0.29, 0.717) is 4.88 Å². The summed E-state index contributed by atoms with van der Waals surface area (Å²) in [6, 6.07) is 11.3. The fourth-order valence-corrected chi connectivity index (χ4v) is 2.86. The quantitative estimate of drug-likeness (QED) is 0.791. The van der Waals surface area contributed by atoms with E-state index in [9.17, 15) is 10.1 Å². The highest BCUT2D eigenvalue weighted by Crippen LogP contribution is 2.26. The van der Waals surface area contributed by atoms with Crippen molar-refractivity contribution in [2.75, 3.05) is 0 Å². The Morgan fingerprint density at radius 1 is 1.33 bits per heavy atom. The van der Waals surface area contributed by atoms with Gasteiger partial charge >= 0.3 is 0 Å². The summed E-state index contributed by atoms with van der Waals surface area (Å²) >= 11 is 4.73. The summed E-state index contributed by atoms with van der Waals surface area (Å²) < 4.78 is 0.933. The van der Waals surface area contributed by atoms with Crippen molar-refractivity contribution in [3.8, 4) is 6.07 Å². The zero-order valence-electron chi connectivity index (χ0n) is 9.68. The van der Waals surface area contributed by atoms with Crippen LogP contribution < -0.4 is 0 Å². The fourth-order valence-electron chi connectivity index (χ4n) is 1.70. The molecule has 0 bridgehead atoms. The Bertz CT molecular complexity index is 609. The number of carbonyl (C=O) groups excluding carboxylic acids is 1. The van der Waals surface area contributed by atoms with Crippen LogP contribution in [0.1, 0.15) is 26.7 Å². The van der Waals surface area contributed by atoms with Crippen molar-refractivity contribution >= 4 is 33.0 Å². The first kappa shape index (κ1) is 13.0. The van der Waals surface area contributed by atoms with E-state index < -0.39 is 5.92 Å². The van der Waals surface area contributed by atoms with Crippen molar-refractivity contribution in [3.05, 3.63) is 56.2 Å². The van der Waals surface area contributed by atoms with E-state index in [-0.39, 0.29) is 5.78 Å². The molecular formula is C14H10BrNOS. The molecule has 0 aliphatic heterocycles. The van der Waals surface area contributed by atoms with E-state index in [0.717, 1.165) is 15.6 Å². The molecule has 1 unspecified atom stereocenters. The number of thiophene rings is 1. The summed E-state index contributed by atoms with van der Waals surface area (Å²) in [7, 11) is 0. The first-order chi connectivity index (χ1) is 8.63. The van der Waals surface area contributed by atoms with Crippen molar-refractivity contribution in [1.29, 1.82) is 5.26 Å². The van der Waals surface area contributed by atoms with Crippen LogP contribution in [0.4, 0.5) is 0 Å². The van der Waals surface area contributed by atoms with Gasteiger partial charge in [0.25, 0.3) is 0 Å². The largest absolute Gasteiger partial charge is 0.291 e. The molecule has 1 heterocycles. The lowest BCUT2D eigenvalue weighted by Crippen LogP contribution is -2.10. The number of rotatable bonds is 3. The van der Waals surface area contributed by atoms with Crippen molar-refractivity contribution in [1.82, 2.24) is 0 Å². The Kier molecular flexibility index (Phi) is 3.95. The van der Waals surface area contributed by atoms with Crippen molar-refractivity contribution < 1.29 is 4.79 Å². The Morgan fingerprint density at radius 3 is 2.50 bits per heavy atom. The van der Waals surface area contributed by atoms with Gasteiger partial charge in [-0.15, -0.1) is 11.3 Å². The number of nitriles is 1. The molecule has 18 heavy (non-hydrogen) atoms. The number of benzene rings is 1. The lowest BCUT2D eigenvalue weighted by molar-refractivity contribution is 0.0982. The monoisotopic (exact) mass is 319 g/mol. The second-order valence-corrected chi connectivity index (χ2v) is 5.74. The third kappa shape index (κ3) is 2.53. The normalized spacial score (nSPS) is 11.8. The molecule has 1 aromatic heterocycles. The maximum Gasteiger partial charge on any atom is 0.194 e. The van der Waals surface area contributed by atoms with Gasteiger partial charge in [-0.1, -0.05) is 28.1 Å². The van der Waals surface area contributed by atoms with Gasteiger partial charge in [-0.3, -0.25) is 4.79 Å². The summed E-state index contributed by atoms with van der Waals surface area (Å²) in [5.41, 5.74) is 1.67. The van der Waals surface area contributed by atoms with Gasteiger partial charge < -0.3 is 0 Å². The highest BCUT2D eigenvalue weighted by atomic mass is 79.9. The van der Waals surface area contributed by atoms with Crippen LogP contribution in [0.3, 0.4) is 0 Å². The van der Waals surface area contributed by atoms with Gasteiger partial charge in [-0.2, -0.15) is 5.26 Å². The van der Waals surface area contributed by atoms with Crippen molar-refractivity contribution in [2.24, 2.45) is 0 Å². The highest BCUT2D eigenvalue weighted by Gasteiger charge is 2.23. The maximum atomic E-state index is 12.3. The third-order valence-corrected chi connectivity index (χ3v) is 4.24. The number of aryl methyl sites for hydroxylation is 1. The second-order valence-electron chi connectivity index (χ2n) is 3.91. The number of carbonyl (C=O) groups is 1.